The summed E-state index contributed by atoms with van der Waals surface area (Å²) >= 11 is 5.91. The van der Waals surface area contributed by atoms with E-state index < -0.39 is 0 Å². The number of hydrogen-bond acceptors (Lipinski definition) is 5. The van der Waals surface area contributed by atoms with Crippen molar-refractivity contribution in [2.24, 2.45) is 0 Å². The van der Waals surface area contributed by atoms with Gasteiger partial charge in [0.25, 0.3) is 5.91 Å². The average Bonchev–Trinajstić information content (AvgIpc) is 2.64. The standard InChI is InChI=1S/C20H19ClN4O2/c1-13(2)27-17-9-4-3-8-16(17)22-18-10-11-19(25-24-18)23-20(26)14-6-5-7-15(21)12-14/h3-13H,1-2H3,(H,22,24)(H,23,25,26). The highest BCUT2D eigenvalue weighted by molar-refractivity contribution is 6.31. The van der Waals surface area contributed by atoms with Crippen molar-refractivity contribution < 1.29 is 9.53 Å². The molecule has 2 aromatic carbocycles. The van der Waals surface area contributed by atoms with Gasteiger partial charge < -0.3 is 15.4 Å². The van der Waals surface area contributed by atoms with Crippen LogP contribution in [0.15, 0.2) is 60.7 Å². The Labute approximate surface area is 162 Å². The van der Waals surface area contributed by atoms with Gasteiger partial charge in [-0.25, -0.2) is 0 Å². The van der Waals surface area contributed by atoms with Crippen LogP contribution in [-0.4, -0.2) is 22.2 Å². The lowest BCUT2D eigenvalue weighted by atomic mass is 10.2. The van der Waals surface area contributed by atoms with E-state index in [0.29, 0.717) is 22.2 Å². The van der Waals surface area contributed by atoms with Crippen LogP contribution >= 0.6 is 11.6 Å². The number of carbonyl (C=O) groups excluding carboxylic acids is 1. The van der Waals surface area contributed by atoms with E-state index in [1.807, 2.05) is 38.1 Å². The normalized spacial score (nSPS) is 10.5. The zero-order valence-electron chi connectivity index (χ0n) is 14.9. The van der Waals surface area contributed by atoms with Crippen molar-refractivity contribution in [1.82, 2.24) is 10.2 Å². The summed E-state index contributed by atoms with van der Waals surface area (Å²) in [6, 6.07) is 17.7. The number of hydrogen-bond donors (Lipinski definition) is 2. The van der Waals surface area contributed by atoms with Crippen LogP contribution in [0.2, 0.25) is 5.02 Å². The smallest absolute Gasteiger partial charge is 0.256 e. The van der Waals surface area contributed by atoms with E-state index in [0.717, 1.165) is 11.4 Å². The van der Waals surface area contributed by atoms with Crippen molar-refractivity contribution in [3.63, 3.8) is 0 Å². The molecule has 1 aromatic heterocycles. The SMILES string of the molecule is CC(C)Oc1ccccc1Nc1ccc(NC(=O)c2cccc(Cl)c2)nn1. The van der Waals surface area contributed by atoms with Crippen LogP contribution in [0.4, 0.5) is 17.3 Å². The molecule has 7 heteroatoms. The molecular formula is C20H19ClN4O2. The molecule has 0 aliphatic rings. The fourth-order valence-electron chi connectivity index (χ4n) is 2.35. The summed E-state index contributed by atoms with van der Waals surface area (Å²) in [6.45, 7) is 3.93. The zero-order chi connectivity index (χ0) is 19.2. The Kier molecular flexibility index (Phi) is 5.88. The van der Waals surface area contributed by atoms with Crippen LogP contribution < -0.4 is 15.4 Å². The Hall–Kier alpha value is -3.12. The molecule has 1 amide bonds. The Morgan fingerprint density at radius 3 is 2.44 bits per heavy atom. The number of halogens is 1. The van der Waals surface area contributed by atoms with Crippen molar-refractivity contribution in [3.05, 3.63) is 71.2 Å². The number of amides is 1. The molecule has 0 spiro atoms. The Morgan fingerprint density at radius 1 is 1.00 bits per heavy atom. The molecule has 3 aromatic rings. The minimum absolute atomic E-state index is 0.0584. The predicted octanol–water partition coefficient (Wildman–Crippen LogP) is 4.91. The van der Waals surface area contributed by atoms with Crippen molar-refractivity contribution in [1.29, 1.82) is 0 Å². The molecule has 0 saturated carbocycles. The molecule has 0 fully saturated rings. The van der Waals surface area contributed by atoms with Gasteiger partial charge in [0.1, 0.15) is 5.75 Å². The highest BCUT2D eigenvalue weighted by Crippen LogP contribution is 2.27. The molecule has 0 aliphatic carbocycles. The molecule has 27 heavy (non-hydrogen) atoms. The fraction of sp³-hybridized carbons (Fsp3) is 0.150. The molecule has 0 aliphatic heterocycles. The molecule has 0 unspecified atom stereocenters. The topological polar surface area (TPSA) is 76.1 Å². The number of benzene rings is 2. The van der Waals surface area contributed by atoms with Crippen molar-refractivity contribution >= 4 is 34.8 Å². The molecule has 2 N–H and O–H groups in total. The molecule has 6 nitrogen and oxygen atoms in total. The van der Waals surface area contributed by atoms with Crippen LogP contribution in [0.5, 0.6) is 5.75 Å². The molecule has 138 valence electrons. The first-order chi connectivity index (χ1) is 13.0. The highest BCUT2D eigenvalue weighted by Gasteiger charge is 2.09. The molecular weight excluding hydrogens is 364 g/mol. The summed E-state index contributed by atoms with van der Waals surface area (Å²) in [5, 5.41) is 14.5. The van der Waals surface area contributed by atoms with E-state index >= 15 is 0 Å². The number of rotatable bonds is 6. The maximum atomic E-state index is 12.2. The van der Waals surface area contributed by atoms with E-state index in [4.69, 9.17) is 16.3 Å². The van der Waals surface area contributed by atoms with Crippen LogP contribution in [0, 0.1) is 0 Å². The fourth-order valence-corrected chi connectivity index (χ4v) is 2.54. The van der Waals surface area contributed by atoms with Gasteiger partial charge >= 0.3 is 0 Å². The Morgan fingerprint density at radius 2 is 1.74 bits per heavy atom. The number of para-hydroxylation sites is 2. The first-order valence-electron chi connectivity index (χ1n) is 8.44. The monoisotopic (exact) mass is 382 g/mol. The average molecular weight is 383 g/mol. The first-order valence-corrected chi connectivity index (χ1v) is 8.82. The number of aromatic nitrogens is 2. The highest BCUT2D eigenvalue weighted by atomic mass is 35.5. The maximum Gasteiger partial charge on any atom is 0.256 e. The van der Waals surface area contributed by atoms with Gasteiger partial charge in [-0.2, -0.15) is 0 Å². The minimum Gasteiger partial charge on any atom is -0.489 e. The van der Waals surface area contributed by atoms with Gasteiger partial charge in [-0.15, -0.1) is 10.2 Å². The van der Waals surface area contributed by atoms with Crippen LogP contribution in [-0.2, 0) is 0 Å². The maximum absolute atomic E-state index is 12.2. The second-order valence-corrected chi connectivity index (χ2v) is 6.49. The zero-order valence-corrected chi connectivity index (χ0v) is 15.7. The van der Waals surface area contributed by atoms with E-state index in [9.17, 15) is 4.79 Å². The lowest BCUT2D eigenvalue weighted by Gasteiger charge is -2.15. The third-order valence-electron chi connectivity index (χ3n) is 3.51. The van der Waals surface area contributed by atoms with Gasteiger partial charge in [0.15, 0.2) is 11.6 Å². The van der Waals surface area contributed by atoms with Gasteiger partial charge in [0, 0.05) is 10.6 Å². The first kappa shape index (κ1) is 18.7. The van der Waals surface area contributed by atoms with Crippen LogP contribution in [0.3, 0.4) is 0 Å². The Bertz CT molecular complexity index is 929. The van der Waals surface area contributed by atoms with Crippen LogP contribution in [0.25, 0.3) is 0 Å². The number of carbonyl (C=O) groups is 1. The van der Waals surface area contributed by atoms with Crippen molar-refractivity contribution in [3.8, 4) is 5.75 Å². The van der Waals surface area contributed by atoms with Gasteiger partial charge in [0.05, 0.1) is 11.8 Å². The lowest BCUT2D eigenvalue weighted by Crippen LogP contribution is -2.13. The number of ether oxygens (including phenoxy) is 1. The minimum atomic E-state index is -0.303. The van der Waals surface area contributed by atoms with Crippen molar-refractivity contribution in [2.75, 3.05) is 10.6 Å². The quantitative estimate of drug-likeness (QED) is 0.633. The molecule has 3 rings (SSSR count). The third-order valence-corrected chi connectivity index (χ3v) is 3.74. The van der Waals surface area contributed by atoms with Crippen LogP contribution in [0.1, 0.15) is 24.2 Å². The summed E-state index contributed by atoms with van der Waals surface area (Å²) in [4.78, 5) is 12.2. The summed E-state index contributed by atoms with van der Waals surface area (Å²) < 4.78 is 5.77. The number of anilines is 3. The van der Waals surface area contributed by atoms with Gasteiger partial charge in [-0.3, -0.25) is 4.79 Å². The number of nitrogens with zero attached hydrogens (tertiary/aromatic N) is 2. The van der Waals surface area contributed by atoms with E-state index in [1.165, 1.54) is 0 Å². The number of nitrogens with one attached hydrogen (secondary N) is 2. The third kappa shape index (κ3) is 5.18. The molecule has 0 radical (unpaired) electrons. The second-order valence-electron chi connectivity index (χ2n) is 6.06. The van der Waals surface area contributed by atoms with E-state index in [2.05, 4.69) is 20.8 Å². The summed E-state index contributed by atoms with van der Waals surface area (Å²) in [5.74, 6) is 1.31. The van der Waals surface area contributed by atoms with Gasteiger partial charge in [0.2, 0.25) is 0 Å². The predicted molar refractivity (Wildman–Crippen MR) is 107 cm³/mol. The van der Waals surface area contributed by atoms with E-state index in [-0.39, 0.29) is 12.0 Å². The summed E-state index contributed by atoms with van der Waals surface area (Å²) in [7, 11) is 0. The summed E-state index contributed by atoms with van der Waals surface area (Å²) in [5.41, 5.74) is 1.24. The lowest BCUT2D eigenvalue weighted by molar-refractivity contribution is 0.102. The Balaban J connectivity index is 1.68. The molecule has 0 saturated heterocycles. The van der Waals surface area contributed by atoms with E-state index in [1.54, 1.807) is 36.4 Å². The molecule has 1 heterocycles. The largest absolute Gasteiger partial charge is 0.489 e. The molecule has 0 atom stereocenters. The van der Waals surface area contributed by atoms with Crippen molar-refractivity contribution in [2.45, 2.75) is 20.0 Å². The second kappa shape index (κ2) is 8.51. The van der Waals surface area contributed by atoms with Gasteiger partial charge in [-0.05, 0) is 56.3 Å². The van der Waals surface area contributed by atoms with Gasteiger partial charge in [-0.1, -0.05) is 29.8 Å². The molecule has 0 bridgehead atoms. The summed E-state index contributed by atoms with van der Waals surface area (Å²) in [6.07, 6.45) is 0.0584.